The van der Waals surface area contributed by atoms with Gasteiger partial charge in [0.25, 0.3) is 0 Å². The van der Waals surface area contributed by atoms with Crippen LogP contribution in [0.2, 0.25) is 0 Å². The molecule has 2 nitrogen and oxygen atoms in total. The zero-order chi connectivity index (χ0) is 13.0. The highest BCUT2D eigenvalue weighted by Gasteiger charge is 2.16. The van der Waals surface area contributed by atoms with Gasteiger partial charge in [-0.05, 0) is 11.6 Å². The molecule has 0 saturated heterocycles. The molecule has 0 aliphatic heterocycles. The van der Waals surface area contributed by atoms with Gasteiger partial charge in [0.05, 0.1) is 10.9 Å². The zero-order valence-electron chi connectivity index (χ0n) is 9.80. The molecular weight excluding hydrogens is 287 g/mol. The van der Waals surface area contributed by atoms with Crippen molar-refractivity contribution in [2.75, 3.05) is 5.33 Å². The summed E-state index contributed by atoms with van der Waals surface area (Å²) < 4.78 is 13.9. The van der Waals surface area contributed by atoms with Gasteiger partial charge in [0.1, 0.15) is 11.6 Å². The number of alkyl halides is 1. The normalized spacial score (nSPS) is 10.6. The van der Waals surface area contributed by atoms with Crippen LogP contribution in [0.15, 0.2) is 18.2 Å². The van der Waals surface area contributed by atoms with Crippen molar-refractivity contribution in [3.05, 3.63) is 35.1 Å². The fourth-order valence-corrected chi connectivity index (χ4v) is 1.70. The van der Waals surface area contributed by atoms with Crippen LogP contribution in [0.1, 0.15) is 29.8 Å². The van der Waals surface area contributed by atoms with E-state index in [1.165, 1.54) is 6.07 Å². The molecule has 0 spiro atoms. The predicted octanol–water partition coefficient (Wildman–Crippen LogP) is 3.17. The quantitative estimate of drug-likeness (QED) is 0.618. The van der Waals surface area contributed by atoms with E-state index in [1.54, 1.807) is 26.0 Å². The number of hydrogen-bond donors (Lipinski definition) is 0. The monoisotopic (exact) mass is 300 g/mol. The van der Waals surface area contributed by atoms with Crippen molar-refractivity contribution in [1.29, 1.82) is 0 Å². The van der Waals surface area contributed by atoms with Gasteiger partial charge in [0.15, 0.2) is 5.78 Å². The maximum atomic E-state index is 13.9. The third-order valence-electron chi connectivity index (χ3n) is 2.51. The summed E-state index contributed by atoms with van der Waals surface area (Å²) >= 11 is 3.00. The van der Waals surface area contributed by atoms with Crippen LogP contribution in [-0.2, 0) is 11.2 Å². The standard InChI is InChI=1S/C13H14BrFO2/c1-8(2)11(16)6-9-4-3-5-10(13(9)15)12(17)7-14/h3-5,8H,6-7H2,1-2H3. The van der Waals surface area contributed by atoms with Crippen molar-refractivity contribution < 1.29 is 14.0 Å². The second-order valence-corrected chi connectivity index (χ2v) is 4.69. The highest BCUT2D eigenvalue weighted by Crippen LogP contribution is 2.16. The average molecular weight is 301 g/mol. The molecule has 0 amide bonds. The fourth-order valence-electron chi connectivity index (χ4n) is 1.40. The maximum absolute atomic E-state index is 13.9. The van der Waals surface area contributed by atoms with Crippen molar-refractivity contribution in [2.24, 2.45) is 5.92 Å². The molecule has 0 atom stereocenters. The Labute approximate surface area is 108 Å². The Balaban J connectivity index is 3.02. The third kappa shape index (κ3) is 3.46. The van der Waals surface area contributed by atoms with Gasteiger partial charge in [-0.2, -0.15) is 0 Å². The molecule has 0 heterocycles. The number of halogens is 2. The first-order valence-corrected chi connectivity index (χ1v) is 6.48. The first kappa shape index (κ1) is 14.0. The smallest absolute Gasteiger partial charge is 0.176 e. The molecule has 0 aliphatic rings. The molecule has 0 bridgehead atoms. The molecule has 17 heavy (non-hydrogen) atoms. The van der Waals surface area contributed by atoms with Gasteiger partial charge in [0, 0.05) is 12.3 Å². The SMILES string of the molecule is CC(C)C(=O)Cc1cccc(C(=O)CBr)c1F. The van der Waals surface area contributed by atoms with E-state index in [9.17, 15) is 14.0 Å². The molecular formula is C13H14BrFO2. The van der Waals surface area contributed by atoms with Crippen LogP contribution in [0.25, 0.3) is 0 Å². The van der Waals surface area contributed by atoms with E-state index >= 15 is 0 Å². The van der Waals surface area contributed by atoms with E-state index in [2.05, 4.69) is 15.9 Å². The molecule has 1 aromatic carbocycles. The predicted molar refractivity (Wildman–Crippen MR) is 68.1 cm³/mol. The minimum atomic E-state index is -0.578. The molecule has 4 heteroatoms. The number of ketones is 2. The van der Waals surface area contributed by atoms with Crippen LogP contribution in [0.4, 0.5) is 4.39 Å². The van der Waals surface area contributed by atoms with Crippen LogP contribution in [0.5, 0.6) is 0 Å². The Morgan fingerprint density at radius 1 is 1.35 bits per heavy atom. The Hall–Kier alpha value is -1.03. The number of Topliss-reactive ketones (excluding diaryl/α,β-unsaturated/α-hetero) is 2. The molecule has 0 aliphatic carbocycles. The van der Waals surface area contributed by atoms with Gasteiger partial charge in [0.2, 0.25) is 0 Å². The summed E-state index contributed by atoms with van der Waals surface area (Å²) in [4.78, 5) is 23.0. The molecule has 0 saturated carbocycles. The van der Waals surface area contributed by atoms with E-state index in [0.29, 0.717) is 0 Å². The second kappa shape index (κ2) is 6.05. The van der Waals surface area contributed by atoms with E-state index in [0.717, 1.165) is 0 Å². The first-order chi connectivity index (χ1) is 7.97. The molecule has 0 fully saturated rings. The lowest BCUT2D eigenvalue weighted by Gasteiger charge is -2.08. The van der Waals surface area contributed by atoms with Crippen molar-refractivity contribution in [3.63, 3.8) is 0 Å². The topological polar surface area (TPSA) is 34.1 Å². The first-order valence-electron chi connectivity index (χ1n) is 5.36. The molecule has 1 rings (SSSR count). The Kier molecular flexibility index (Phi) is 5.00. The highest BCUT2D eigenvalue weighted by atomic mass is 79.9. The molecule has 0 aromatic heterocycles. The number of hydrogen-bond acceptors (Lipinski definition) is 2. The maximum Gasteiger partial charge on any atom is 0.176 e. The lowest BCUT2D eigenvalue weighted by atomic mass is 9.98. The van der Waals surface area contributed by atoms with Gasteiger partial charge in [-0.15, -0.1) is 0 Å². The number of carbonyl (C=O) groups is 2. The van der Waals surface area contributed by atoms with Crippen molar-refractivity contribution in [1.82, 2.24) is 0 Å². The van der Waals surface area contributed by atoms with E-state index in [-0.39, 0.29) is 40.4 Å². The van der Waals surface area contributed by atoms with Crippen LogP contribution < -0.4 is 0 Å². The summed E-state index contributed by atoms with van der Waals surface area (Å²) in [7, 11) is 0. The van der Waals surface area contributed by atoms with Crippen LogP contribution in [0.3, 0.4) is 0 Å². The summed E-state index contributed by atoms with van der Waals surface area (Å²) in [5.41, 5.74) is 0.325. The van der Waals surface area contributed by atoms with Crippen molar-refractivity contribution >= 4 is 27.5 Å². The van der Waals surface area contributed by atoms with Crippen LogP contribution in [0, 0.1) is 11.7 Å². The average Bonchev–Trinajstić information content (AvgIpc) is 2.30. The van der Waals surface area contributed by atoms with Gasteiger partial charge in [-0.25, -0.2) is 4.39 Å². The summed E-state index contributed by atoms with van der Waals surface area (Å²) in [5.74, 6) is -1.07. The molecule has 0 radical (unpaired) electrons. The number of benzene rings is 1. The summed E-state index contributed by atoms with van der Waals surface area (Å²) in [6.07, 6.45) is 0.0346. The Morgan fingerprint density at radius 2 is 2.00 bits per heavy atom. The van der Waals surface area contributed by atoms with E-state index in [1.807, 2.05) is 0 Å². The fraction of sp³-hybridized carbons (Fsp3) is 0.385. The molecule has 0 unspecified atom stereocenters. The minimum Gasteiger partial charge on any atom is -0.299 e. The van der Waals surface area contributed by atoms with Gasteiger partial charge >= 0.3 is 0 Å². The Bertz CT molecular complexity index is 441. The second-order valence-electron chi connectivity index (χ2n) is 4.13. The minimum absolute atomic E-state index is 0.0346. The summed E-state index contributed by atoms with van der Waals surface area (Å²) in [6.45, 7) is 3.54. The largest absolute Gasteiger partial charge is 0.299 e. The van der Waals surface area contributed by atoms with Gasteiger partial charge in [-0.1, -0.05) is 41.9 Å². The highest BCUT2D eigenvalue weighted by molar-refractivity contribution is 9.09. The lowest BCUT2D eigenvalue weighted by Crippen LogP contribution is -2.13. The Morgan fingerprint density at radius 3 is 2.53 bits per heavy atom. The third-order valence-corrected chi connectivity index (χ3v) is 3.02. The molecule has 0 N–H and O–H groups in total. The van der Waals surface area contributed by atoms with Crippen LogP contribution in [-0.4, -0.2) is 16.9 Å². The van der Waals surface area contributed by atoms with Crippen LogP contribution >= 0.6 is 15.9 Å². The molecule has 1 aromatic rings. The summed E-state index contributed by atoms with van der Waals surface area (Å²) in [6, 6.07) is 4.57. The zero-order valence-corrected chi connectivity index (χ0v) is 11.4. The number of carbonyl (C=O) groups excluding carboxylic acids is 2. The van der Waals surface area contributed by atoms with Crippen molar-refractivity contribution in [2.45, 2.75) is 20.3 Å². The van der Waals surface area contributed by atoms with E-state index < -0.39 is 5.82 Å². The van der Waals surface area contributed by atoms with Crippen molar-refractivity contribution in [3.8, 4) is 0 Å². The molecule has 92 valence electrons. The van der Waals surface area contributed by atoms with E-state index in [4.69, 9.17) is 0 Å². The number of rotatable bonds is 5. The summed E-state index contributed by atoms with van der Waals surface area (Å²) in [5, 5.41) is 0.0749. The lowest BCUT2D eigenvalue weighted by molar-refractivity contribution is -0.121. The van der Waals surface area contributed by atoms with Gasteiger partial charge < -0.3 is 0 Å². The van der Waals surface area contributed by atoms with Gasteiger partial charge in [-0.3, -0.25) is 9.59 Å².